The molecule has 9 heteroatoms. The number of carboxylic acid groups (broad SMARTS) is 1. The van der Waals surface area contributed by atoms with Crippen LogP contribution < -0.4 is 14.4 Å². The van der Waals surface area contributed by atoms with E-state index in [0.717, 1.165) is 5.69 Å². The zero-order valence-electron chi connectivity index (χ0n) is 21.5. The Hall–Kier alpha value is -4.79. The molecule has 3 aromatic rings. The highest BCUT2D eigenvalue weighted by atomic mass is 16.5. The average molecular weight is 517 g/mol. The highest BCUT2D eigenvalue weighted by Crippen LogP contribution is 2.42. The molecule has 0 radical (unpaired) electrons. The monoisotopic (exact) mass is 516 g/mol. The van der Waals surface area contributed by atoms with Crippen LogP contribution in [0.1, 0.15) is 33.1 Å². The van der Waals surface area contributed by atoms with E-state index in [4.69, 9.17) is 9.47 Å². The van der Waals surface area contributed by atoms with Crippen molar-refractivity contribution in [1.82, 2.24) is 4.90 Å². The van der Waals surface area contributed by atoms with Gasteiger partial charge in [0.05, 0.1) is 37.0 Å². The van der Waals surface area contributed by atoms with Gasteiger partial charge in [0, 0.05) is 32.4 Å². The van der Waals surface area contributed by atoms with Crippen molar-refractivity contribution in [3.63, 3.8) is 0 Å². The lowest BCUT2D eigenvalue weighted by Crippen LogP contribution is -2.29. The number of carboxylic acids is 1. The van der Waals surface area contributed by atoms with Gasteiger partial charge in [-0.3, -0.25) is 9.59 Å². The summed E-state index contributed by atoms with van der Waals surface area (Å²) >= 11 is 0. The van der Waals surface area contributed by atoms with E-state index >= 15 is 0 Å². The molecule has 1 aliphatic heterocycles. The number of aliphatic hydroxyl groups is 1. The summed E-state index contributed by atoms with van der Waals surface area (Å²) in [6.07, 6.45) is 0. The molecule has 1 saturated heterocycles. The fraction of sp³-hybridized carbons (Fsp3) is 0.207. The van der Waals surface area contributed by atoms with Gasteiger partial charge < -0.3 is 29.5 Å². The maximum atomic E-state index is 13.4. The number of aliphatic hydroxyl groups excluding tert-OH is 1. The third kappa shape index (κ3) is 4.90. The smallest absolute Gasteiger partial charge is 0.335 e. The highest BCUT2D eigenvalue weighted by molar-refractivity contribution is 6.46. The number of carbonyl (C=O) groups excluding carboxylic acids is 2. The predicted molar refractivity (Wildman–Crippen MR) is 142 cm³/mol. The second-order valence-electron chi connectivity index (χ2n) is 8.98. The molecule has 1 aliphatic rings. The number of hydrogen-bond acceptors (Lipinski definition) is 7. The number of hydrogen-bond donors (Lipinski definition) is 2. The lowest BCUT2D eigenvalue weighted by Gasteiger charge is -2.26. The average Bonchev–Trinajstić information content (AvgIpc) is 3.17. The van der Waals surface area contributed by atoms with E-state index in [9.17, 15) is 24.6 Å². The summed E-state index contributed by atoms with van der Waals surface area (Å²) in [5.74, 6) is -2.26. The van der Waals surface area contributed by atoms with E-state index in [0.29, 0.717) is 16.9 Å². The van der Waals surface area contributed by atoms with Crippen molar-refractivity contribution in [2.24, 2.45) is 0 Å². The minimum Gasteiger partial charge on any atom is -0.507 e. The number of benzene rings is 3. The maximum Gasteiger partial charge on any atom is 0.335 e. The fourth-order valence-electron chi connectivity index (χ4n) is 4.43. The largest absolute Gasteiger partial charge is 0.507 e. The number of methoxy groups -OCH3 is 2. The molecule has 0 saturated carbocycles. The third-order valence-corrected chi connectivity index (χ3v) is 6.48. The Morgan fingerprint density at radius 3 is 2.13 bits per heavy atom. The van der Waals surface area contributed by atoms with Crippen LogP contribution in [0.25, 0.3) is 5.76 Å². The first kappa shape index (κ1) is 26.3. The number of Topliss-reactive ketones (excluding diaryl/α,β-unsaturated/α-hetero) is 1. The van der Waals surface area contributed by atoms with Crippen molar-refractivity contribution in [2.75, 3.05) is 33.2 Å². The fourth-order valence-corrected chi connectivity index (χ4v) is 4.43. The minimum atomic E-state index is -1.06. The zero-order valence-corrected chi connectivity index (χ0v) is 21.5. The number of carbonyl (C=O) groups is 3. The van der Waals surface area contributed by atoms with Crippen LogP contribution in [0.3, 0.4) is 0 Å². The number of nitrogens with zero attached hydrogens (tertiary/aromatic N) is 2. The van der Waals surface area contributed by atoms with Gasteiger partial charge in [-0.25, -0.2) is 4.79 Å². The lowest BCUT2D eigenvalue weighted by atomic mass is 9.94. The molecule has 0 aliphatic carbocycles. The van der Waals surface area contributed by atoms with Crippen molar-refractivity contribution < 1.29 is 34.1 Å². The van der Waals surface area contributed by atoms with Gasteiger partial charge in [0.1, 0.15) is 17.3 Å². The number of anilines is 1. The van der Waals surface area contributed by atoms with E-state index in [1.807, 2.05) is 43.3 Å². The van der Waals surface area contributed by atoms with Crippen LogP contribution in [-0.4, -0.2) is 61.1 Å². The molecule has 38 heavy (non-hydrogen) atoms. The van der Waals surface area contributed by atoms with E-state index in [-0.39, 0.29) is 34.8 Å². The summed E-state index contributed by atoms with van der Waals surface area (Å²) in [4.78, 5) is 41.3. The Morgan fingerprint density at radius 2 is 1.58 bits per heavy atom. The second-order valence-corrected chi connectivity index (χ2v) is 8.98. The number of likely N-dealkylation sites (tertiary alicyclic amines) is 1. The van der Waals surface area contributed by atoms with Gasteiger partial charge in [-0.15, -0.1) is 0 Å². The summed E-state index contributed by atoms with van der Waals surface area (Å²) in [5.41, 5.74) is 2.47. The predicted octanol–water partition coefficient (Wildman–Crippen LogP) is 4.09. The Labute approximate surface area is 220 Å². The van der Waals surface area contributed by atoms with Crippen LogP contribution >= 0.6 is 0 Å². The highest BCUT2D eigenvalue weighted by Gasteiger charge is 2.46. The molecule has 1 fully saturated rings. The van der Waals surface area contributed by atoms with E-state index in [1.54, 1.807) is 30.3 Å². The number of ketones is 1. The Kier molecular flexibility index (Phi) is 7.38. The summed E-state index contributed by atoms with van der Waals surface area (Å²) in [7, 11) is 6.73. The molecule has 1 unspecified atom stereocenters. The molecular weight excluding hydrogens is 488 g/mol. The van der Waals surface area contributed by atoms with Crippen molar-refractivity contribution >= 4 is 29.1 Å². The lowest BCUT2D eigenvalue weighted by molar-refractivity contribution is -0.140. The SMILES string of the molecule is COc1ccc(/C(O)=C2/C(=O)C(=O)N(Cc3ccc(C(=O)O)cc3)C2c2ccc(N(C)C)cc2)c(OC)c1. The Bertz CT molecular complexity index is 1410. The molecule has 0 aromatic heterocycles. The molecule has 196 valence electrons. The Balaban J connectivity index is 1.85. The molecule has 9 nitrogen and oxygen atoms in total. The molecule has 0 spiro atoms. The summed E-state index contributed by atoms with van der Waals surface area (Å²) in [6.45, 7) is 0.0289. The molecule has 2 N–H and O–H groups in total. The maximum absolute atomic E-state index is 13.4. The quantitative estimate of drug-likeness (QED) is 0.261. The molecule has 1 amide bonds. The van der Waals surface area contributed by atoms with E-state index < -0.39 is 23.7 Å². The van der Waals surface area contributed by atoms with E-state index in [1.165, 1.54) is 31.3 Å². The minimum absolute atomic E-state index is 0.0289. The zero-order chi connectivity index (χ0) is 27.6. The first-order valence-electron chi connectivity index (χ1n) is 11.8. The number of ether oxygens (including phenoxy) is 2. The topological polar surface area (TPSA) is 117 Å². The molecular formula is C29H28N2O7. The van der Waals surface area contributed by atoms with Crippen LogP contribution in [0.2, 0.25) is 0 Å². The number of amides is 1. The van der Waals surface area contributed by atoms with Crippen LogP contribution in [-0.2, 0) is 16.1 Å². The molecule has 1 atom stereocenters. The van der Waals surface area contributed by atoms with Gasteiger partial charge in [0.25, 0.3) is 11.7 Å². The first-order chi connectivity index (χ1) is 18.2. The van der Waals surface area contributed by atoms with Gasteiger partial charge in [-0.2, -0.15) is 0 Å². The van der Waals surface area contributed by atoms with Crippen molar-refractivity contribution in [3.8, 4) is 11.5 Å². The molecule has 1 heterocycles. The standard InChI is InChI=1S/C29H28N2O7/c1-30(2)20-11-9-18(10-12-20)25-24(26(32)22-14-13-21(37-3)15-23(22)38-4)27(33)28(34)31(25)16-17-5-7-19(8-6-17)29(35)36/h5-15,25,32H,16H2,1-4H3,(H,35,36)/b26-24-. The number of rotatable bonds is 8. The van der Waals surface area contributed by atoms with Crippen LogP contribution in [0.4, 0.5) is 5.69 Å². The van der Waals surface area contributed by atoms with Gasteiger partial charge in [0.15, 0.2) is 0 Å². The second kappa shape index (κ2) is 10.7. The summed E-state index contributed by atoms with van der Waals surface area (Å²) in [6, 6.07) is 17.3. The normalized spacial score (nSPS) is 16.4. The third-order valence-electron chi connectivity index (χ3n) is 6.48. The van der Waals surface area contributed by atoms with Gasteiger partial charge in [0.2, 0.25) is 0 Å². The number of aromatic carboxylic acids is 1. The van der Waals surface area contributed by atoms with Gasteiger partial charge >= 0.3 is 5.97 Å². The summed E-state index contributed by atoms with van der Waals surface area (Å²) in [5, 5.41) is 20.6. The van der Waals surface area contributed by atoms with Crippen LogP contribution in [0.5, 0.6) is 11.5 Å². The Morgan fingerprint density at radius 1 is 0.921 bits per heavy atom. The van der Waals surface area contributed by atoms with Gasteiger partial charge in [-0.05, 0) is 47.5 Å². The molecule has 3 aromatic carbocycles. The summed E-state index contributed by atoms with van der Waals surface area (Å²) < 4.78 is 10.7. The van der Waals surface area contributed by atoms with Crippen LogP contribution in [0, 0.1) is 0 Å². The van der Waals surface area contributed by atoms with Crippen LogP contribution in [0.15, 0.2) is 72.3 Å². The van der Waals surface area contributed by atoms with E-state index in [2.05, 4.69) is 0 Å². The molecule has 4 rings (SSSR count). The van der Waals surface area contributed by atoms with Crippen molar-refractivity contribution in [1.29, 1.82) is 0 Å². The van der Waals surface area contributed by atoms with Gasteiger partial charge in [-0.1, -0.05) is 24.3 Å². The first-order valence-corrected chi connectivity index (χ1v) is 11.8. The van der Waals surface area contributed by atoms with Crippen molar-refractivity contribution in [3.05, 3.63) is 94.6 Å². The molecule has 0 bridgehead atoms. The van der Waals surface area contributed by atoms with Crippen molar-refractivity contribution in [2.45, 2.75) is 12.6 Å².